The van der Waals surface area contributed by atoms with E-state index in [0.29, 0.717) is 12.5 Å². The molecule has 3 fully saturated rings. The van der Waals surface area contributed by atoms with Crippen molar-refractivity contribution in [2.24, 2.45) is 17.3 Å². The van der Waals surface area contributed by atoms with Gasteiger partial charge in [0.2, 0.25) is 5.91 Å². The van der Waals surface area contributed by atoms with Gasteiger partial charge in [-0.05, 0) is 116 Å². The number of carbonyl (C=O) groups excluding carboxylic acids is 3. The number of aromatic nitrogens is 4. The van der Waals surface area contributed by atoms with Crippen LogP contribution in [0.4, 0.5) is 9.59 Å². The number of carbonyl (C=O) groups is 3. The number of hydrogen-bond donors (Lipinski definition) is 4. The van der Waals surface area contributed by atoms with Crippen molar-refractivity contribution in [3.05, 3.63) is 84.7 Å². The molecule has 0 unspecified atom stereocenters. The largest absolute Gasteiger partial charge is 0.453 e. The number of rotatable bonds is 10. The monoisotopic (exact) mass is 785 g/mol. The van der Waals surface area contributed by atoms with E-state index in [4.69, 9.17) is 19.4 Å². The molecule has 304 valence electrons. The van der Waals surface area contributed by atoms with E-state index in [1.165, 1.54) is 7.11 Å². The van der Waals surface area contributed by atoms with Crippen molar-refractivity contribution < 1.29 is 23.9 Å². The number of alkyl carbamates (subject to hydrolysis) is 2. The Labute approximate surface area is 339 Å². The average molecular weight is 786 g/mol. The smallest absolute Gasteiger partial charge is 0.407 e. The fourth-order valence-corrected chi connectivity index (χ4v) is 8.79. The van der Waals surface area contributed by atoms with Gasteiger partial charge in [-0.1, -0.05) is 62.4 Å². The maximum atomic E-state index is 13.9. The summed E-state index contributed by atoms with van der Waals surface area (Å²) in [4.78, 5) is 56.7. The second-order valence-corrected chi connectivity index (χ2v) is 18.0. The van der Waals surface area contributed by atoms with Gasteiger partial charge in [0, 0.05) is 24.6 Å². The Morgan fingerprint density at radius 1 is 0.862 bits per heavy atom. The Kier molecular flexibility index (Phi) is 10.5. The zero-order valence-corrected chi connectivity index (χ0v) is 34.4. The number of nitrogens with one attached hydrogen (secondary N) is 4. The van der Waals surface area contributed by atoms with E-state index < -0.39 is 17.7 Å². The maximum absolute atomic E-state index is 13.9. The average Bonchev–Trinajstić information content (AvgIpc) is 3.67. The number of H-pyrrole nitrogens is 2. The summed E-state index contributed by atoms with van der Waals surface area (Å²) in [5.41, 5.74) is 5.88. The van der Waals surface area contributed by atoms with Crippen LogP contribution in [0.25, 0.3) is 44.4 Å². The van der Waals surface area contributed by atoms with Crippen LogP contribution in [0.5, 0.6) is 0 Å². The van der Waals surface area contributed by atoms with Gasteiger partial charge in [-0.3, -0.25) is 4.79 Å². The van der Waals surface area contributed by atoms with Gasteiger partial charge in [0.15, 0.2) is 0 Å². The van der Waals surface area contributed by atoms with Gasteiger partial charge < -0.3 is 35.0 Å². The fraction of sp³-hybridized carbons (Fsp3) is 0.457. The standard InChI is InChI=1S/C46H55N7O5/c1-27(2)40(52-43(55)57-6)42(54)53-26-46(17-18-46)23-38(53)41-48-25-36(51-41)30-10-8-29(9-11-30)31-12-13-33-22-34(15-14-32(33)21-31)37-24-47-39(50-37)20-28-7-16-35(19-28)49-44(56)58-45(3,4)5/h8-15,21-22,24-25,27-28,35,38,40H,7,16-20,23,26H2,1-6H3,(H,47,50)(H,48,51)(H,49,56)(H,52,55)/t28-,35+,38-,40-/m0/s1. The zero-order chi connectivity index (χ0) is 40.8. The van der Waals surface area contributed by atoms with Crippen LogP contribution in [0.3, 0.4) is 0 Å². The van der Waals surface area contributed by atoms with Crippen LogP contribution >= 0.6 is 0 Å². The molecule has 2 saturated carbocycles. The summed E-state index contributed by atoms with van der Waals surface area (Å²) < 4.78 is 10.3. The number of benzene rings is 3. The molecule has 3 heterocycles. The molecule has 2 aromatic heterocycles. The number of likely N-dealkylation sites (tertiary alicyclic amines) is 1. The van der Waals surface area contributed by atoms with Crippen LogP contribution in [-0.4, -0.2) is 74.3 Å². The summed E-state index contributed by atoms with van der Waals surface area (Å²) in [6.07, 6.45) is 9.64. The van der Waals surface area contributed by atoms with E-state index in [1.807, 2.05) is 51.9 Å². The third kappa shape index (κ3) is 8.61. The first-order valence-corrected chi connectivity index (χ1v) is 20.6. The molecular weight excluding hydrogens is 731 g/mol. The van der Waals surface area contributed by atoms with Crippen LogP contribution in [0.1, 0.15) is 90.8 Å². The highest BCUT2D eigenvalue weighted by Gasteiger charge is 2.55. The second kappa shape index (κ2) is 15.6. The maximum Gasteiger partial charge on any atom is 0.407 e. The molecule has 3 amide bonds. The molecule has 3 aromatic carbocycles. The molecule has 3 aliphatic rings. The Bertz CT molecular complexity index is 2300. The molecule has 1 spiro atoms. The Morgan fingerprint density at radius 2 is 1.52 bits per heavy atom. The van der Waals surface area contributed by atoms with Gasteiger partial charge in [-0.25, -0.2) is 19.6 Å². The Balaban J connectivity index is 0.907. The van der Waals surface area contributed by atoms with Crippen LogP contribution in [0.15, 0.2) is 73.1 Å². The molecule has 12 nitrogen and oxygen atoms in total. The number of aromatic amines is 2. The summed E-state index contributed by atoms with van der Waals surface area (Å²) in [7, 11) is 1.31. The van der Waals surface area contributed by atoms with Crippen molar-refractivity contribution in [3.63, 3.8) is 0 Å². The molecule has 8 rings (SSSR count). The minimum atomic E-state index is -0.674. The lowest BCUT2D eigenvalue weighted by atomic mass is 9.98. The van der Waals surface area contributed by atoms with Crippen molar-refractivity contribution in [2.75, 3.05) is 13.7 Å². The van der Waals surface area contributed by atoms with Gasteiger partial charge in [0.25, 0.3) is 0 Å². The molecule has 2 aliphatic carbocycles. The first-order valence-electron chi connectivity index (χ1n) is 20.6. The summed E-state index contributed by atoms with van der Waals surface area (Å²) in [5.74, 6) is 2.00. The van der Waals surface area contributed by atoms with Gasteiger partial charge in [0.1, 0.15) is 23.3 Å². The van der Waals surface area contributed by atoms with E-state index in [0.717, 1.165) is 101 Å². The molecule has 58 heavy (non-hydrogen) atoms. The summed E-state index contributed by atoms with van der Waals surface area (Å²) in [5, 5.41) is 8.09. The predicted octanol–water partition coefficient (Wildman–Crippen LogP) is 8.96. The van der Waals surface area contributed by atoms with E-state index in [9.17, 15) is 14.4 Å². The Hall–Kier alpha value is -5.65. The third-order valence-electron chi connectivity index (χ3n) is 12.1. The number of hydrogen-bond acceptors (Lipinski definition) is 7. The van der Waals surface area contributed by atoms with Crippen LogP contribution in [0, 0.1) is 17.3 Å². The van der Waals surface area contributed by atoms with E-state index >= 15 is 0 Å². The van der Waals surface area contributed by atoms with Crippen molar-refractivity contribution in [1.29, 1.82) is 0 Å². The van der Waals surface area contributed by atoms with Gasteiger partial charge in [-0.2, -0.15) is 0 Å². The topological polar surface area (TPSA) is 154 Å². The van der Waals surface area contributed by atoms with Gasteiger partial charge >= 0.3 is 12.2 Å². The lowest BCUT2D eigenvalue weighted by molar-refractivity contribution is -0.135. The summed E-state index contributed by atoms with van der Waals surface area (Å²) in [6, 6.07) is 20.8. The zero-order valence-electron chi connectivity index (χ0n) is 34.4. The molecule has 12 heteroatoms. The van der Waals surface area contributed by atoms with Crippen LogP contribution in [-0.2, 0) is 20.7 Å². The number of ether oxygens (including phenoxy) is 2. The van der Waals surface area contributed by atoms with Crippen molar-refractivity contribution in [1.82, 2.24) is 35.5 Å². The van der Waals surface area contributed by atoms with E-state index in [2.05, 4.69) is 81.3 Å². The van der Waals surface area contributed by atoms with Gasteiger partial charge in [-0.15, -0.1) is 0 Å². The SMILES string of the molecule is COC(=O)N[C@H](C(=O)N1CC2(CC2)C[C@H]1c1ncc(-c2ccc(-c3ccc4cc(-c5cnc(C[C@H]6CC[C@@H](NC(=O)OC(C)(C)C)C6)[nH]5)ccc4c3)cc2)[nH]1)C(C)C. The van der Waals surface area contributed by atoms with E-state index in [1.54, 1.807) is 0 Å². The highest BCUT2D eigenvalue weighted by Crippen LogP contribution is 2.58. The first kappa shape index (κ1) is 39.2. The molecule has 4 atom stereocenters. The molecule has 1 saturated heterocycles. The van der Waals surface area contributed by atoms with Crippen LogP contribution in [0.2, 0.25) is 0 Å². The Morgan fingerprint density at radius 3 is 2.21 bits per heavy atom. The number of nitrogens with zero attached hydrogens (tertiary/aromatic N) is 3. The molecule has 5 aromatic rings. The lowest BCUT2D eigenvalue weighted by Crippen LogP contribution is -2.51. The number of fused-ring (bicyclic) bond motifs is 1. The predicted molar refractivity (Wildman–Crippen MR) is 224 cm³/mol. The fourth-order valence-electron chi connectivity index (χ4n) is 8.79. The molecule has 0 bridgehead atoms. The minimum Gasteiger partial charge on any atom is -0.453 e. The third-order valence-corrected chi connectivity index (χ3v) is 12.1. The quantitative estimate of drug-likeness (QED) is 0.110. The summed E-state index contributed by atoms with van der Waals surface area (Å²) >= 11 is 0. The molecule has 1 aliphatic heterocycles. The van der Waals surface area contributed by atoms with Gasteiger partial charge in [0.05, 0.1) is 36.9 Å². The lowest BCUT2D eigenvalue weighted by Gasteiger charge is -2.30. The normalized spacial score (nSPS) is 20.4. The van der Waals surface area contributed by atoms with Crippen molar-refractivity contribution in [3.8, 4) is 33.6 Å². The molecule has 0 radical (unpaired) electrons. The highest BCUT2D eigenvalue weighted by atomic mass is 16.6. The molecule has 4 N–H and O–H groups in total. The number of amides is 3. The number of methoxy groups -OCH3 is 1. The second-order valence-electron chi connectivity index (χ2n) is 18.0. The highest BCUT2D eigenvalue weighted by molar-refractivity contribution is 5.91. The first-order chi connectivity index (χ1) is 27.7. The number of imidazole rings is 2. The minimum absolute atomic E-state index is 0.0928. The molecular formula is C46H55N7O5. The van der Waals surface area contributed by atoms with Crippen molar-refractivity contribution in [2.45, 2.75) is 103 Å². The van der Waals surface area contributed by atoms with Crippen molar-refractivity contribution >= 4 is 28.9 Å². The van der Waals surface area contributed by atoms with E-state index in [-0.39, 0.29) is 35.4 Å². The van der Waals surface area contributed by atoms with Crippen LogP contribution < -0.4 is 10.6 Å². The summed E-state index contributed by atoms with van der Waals surface area (Å²) in [6.45, 7) is 10.2.